The molecule has 11 nitrogen and oxygen atoms in total. The normalized spacial score (nSPS) is 17.3. The summed E-state index contributed by atoms with van der Waals surface area (Å²) in [5, 5.41) is 14.8. The van der Waals surface area contributed by atoms with Crippen LogP contribution in [-0.2, 0) is 38.7 Å². The highest BCUT2D eigenvalue weighted by molar-refractivity contribution is 6.38. The van der Waals surface area contributed by atoms with Gasteiger partial charge in [0, 0.05) is 11.7 Å². The molecule has 0 fully saturated rings. The molecule has 0 bridgehead atoms. The summed E-state index contributed by atoms with van der Waals surface area (Å²) in [5.41, 5.74) is 1.23. The molecular formula is C21H25N5O6. The van der Waals surface area contributed by atoms with Crippen LogP contribution in [0.2, 0.25) is 0 Å². The number of hydrogen-bond donors (Lipinski definition) is 3. The number of ether oxygens (including phenoxy) is 1. The first-order valence-electron chi connectivity index (χ1n) is 10.2. The maximum absolute atomic E-state index is 12.9. The standard InChI is InChI=1S/C21H25N5O6/c1-12(2)17(24-21(30)31-11-13-6-4-3-5-7-13)19(28)23-14-8-9-16-15(25-26-32-16)10-22-20(29)18(14)27/h3-7,12,14,17H,8-11H2,1-2H3,(H,22,29)(H,23,28)(H,24,30). The second-order valence-electron chi connectivity index (χ2n) is 7.72. The Morgan fingerprint density at radius 3 is 2.72 bits per heavy atom. The number of ketones is 1. The molecule has 1 aromatic carbocycles. The first-order chi connectivity index (χ1) is 15.3. The van der Waals surface area contributed by atoms with Crippen molar-refractivity contribution >= 4 is 23.7 Å². The van der Waals surface area contributed by atoms with E-state index in [1.165, 1.54) is 0 Å². The van der Waals surface area contributed by atoms with Crippen molar-refractivity contribution in [3.05, 3.63) is 47.3 Å². The largest absolute Gasteiger partial charge is 0.445 e. The zero-order valence-electron chi connectivity index (χ0n) is 17.8. The van der Waals surface area contributed by atoms with E-state index in [0.29, 0.717) is 11.5 Å². The number of carbonyl (C=O) groups is 4. The van der Waals surface area contributed by atoms with E-state index < -0.39 is 35.8 Å². The summed E-state index contributed by atoms with van der Waals surface area (Å²) >= 11 is 0. The van der Waals surface area contributed by atoms with E-state index in [2.05, 4.69) is 26.3 Å². The molecule has 2 atom stereocenters. The molecule has 1 aromatic heterocycles. The molecule has 2 unspecified atom stereocenters. The highest BCUT2D eigenvalue weighted by Crippen LogP contribution is 2.13. The first kappa shape index (κ1) is 22.9. The van der Waals surface area contributed by atoms with Crippen molar-refractivity contribution in [1.82, 2.24) is 26.3 Å². The van der Waals surface area contributed by atoms with Crippen LogP contribution in [0.5, 0.6) is 0 Å². The van der Waals surface area contributed by atoms with Gasteiger partial charge in [0.25, 0.3) is 5.91 Å². The second kappa shape index (κ2) is 10.5. The van der Waals surface area contributed by atoms with Crippen LogP contribution in [0.1, 0.15) is 37.3 Å². The van der Waals surface area contributed by atoms with Crippen LogP contribution in [0.25, 0.3) is 0 Å². The van der Waals surface area contributed by atoms with Crippen LogP contribution >= 0.6 is 0 Å². The van der Waals surface area contributed by atoms with Gasteiger partial charge in [-0.3, -0.25) is 14.4 Å². The number of carbonyl (C=O) groups excluding carboxylic acids is 4. The third-order valence-electron chi connectivity index (χ3n) is 5.00. The number of nitrogens with one attached hydrogen (secondary N) is 3. The van der Waals surface area contributed by atoms with Gasteiger partial charge in [-0.1, -0.05) is 44.2 Å². The summed E-state index contributed by atoms with van der Waals surface area (Å²) in [6.07, 6.45) is -0.392. The number of fused-ring (bicyclic) bond motifs is 1. The molecule has 0 saturated heterocycles. The molecule has 3 amide bonds. The molecule has 0 radical (unpaired) electrons. The van der Waals surface area contributed by atoms with Gasteiger partial charge in [0.05, 0.1) is 12.6 Å². The van der Waals surface area contributed by atoms with Crippen molar-refractivity contribution < 1.29 is 28.4 Å². The number of aryl methyl sites for hydroxylation is 1. The average molecular weight is 443 g/mol. The van der Waals surface area contributed by atoms with E-state index in [1.807, 2.05) is 30.3 Å². The van der Waals surface area contributed by atoms with Crippen molar-refractivity contribution in [3.8, 4) is 0 Å². The van der Waals surface area contributed by atoms with E-state index in [-0.39, 0.29) is 31.9 Å². The Labute approximate surface area is 184 Å². The lowest BCUT2D eigenvalue weighted by Crippen LogP contribution is -2.55. The van der Waals surface area contributed by atoms with E-state index >= 15 is 0 Å². The van der Waals surface area contributed by atoms with Gasteiger partial charge in [-0.25, -0.2) is 4.79 Å². The fourth-order valence-corrected chi connectivity index (χ4v) is 3.19. The molecule has 32 heavy (non-hydrogen) atoms. The number of hydrogen-bond acceptors (Lipinski definition) is 8. The summed E-state index contributed by atoms with van der Waals surface area (Å²) in [7, 11) is 0. The number of benzene rings is 1. The average Bonchev–Trinajstić information content (AvgIpc) is 3.24. The highest BCUT2D eigenvalue weighted by Gasteiger charge is 2.33. The molecule has 1 aliphatic heterocycles. The van der Waals surface area contributed by atoms with Crippen molar-refractivity contribution in [2.75, 3.05) is 0 Å². The molecule has 2 heterocycles. The first-order valence-corrected chi connectivity index (χ1v) is 10.2. The number of rotatable bonds is 6. The number of Topliss-reactive ketones (excluding diaryl/α,β-unsaturated/α-hetero) is 1. The van der Waals surface area contributed by atoms with Crippen LogP contribution in [0.3, 0.4) is 0 Å². The van der Waals surface area contributed by atoms with E-state index in [0.717, 1.165) is 5.56 Å². The Bertz CT molecular complexity index is 974. The molecule has 170 valence electrons. The zero-order valence-corrected chi connectivity index (χ0v) is 17.8. The molecule has 0 aliphatic carbocycles. The summed E-state index contributed by atoms with van der Waals surface area (Å²) in [5.74, 6) is -2.10. The van der Waals surface area contributed by atoms with E-state index in [9.17, 15) is 19.2 Å². The fraction of sp³-hybridized carbons (Fsp3) is 0.429. The Kier molecular flexibility index (Phi) is 7.53. The van der Waals surface area contributed by atoms with Crippen LogP contribution in [-0.4, -0.2) is 46.1 Å². The fourth-order valence-electron chi connectivity index (χ4n) is 3.19. The van der Waals surface area contributed by atoms with Gasteiger partial charge < -0.3 is 25.2 Å². The minimum Gasteiger partial charge on any atom is -0.445 e. The number of nitrogens with zero attached hydrogens (tertiary/aromatic N) is 2. The lowest BCUT2D eigenvalue weighted by Gasteiger charge is -2.24. The van der Waals surface area contributed by atoms with Gasteiger partial charge in [0.2, 0.25) is 11.7 Å². The lowest BCUT2D eigenvalue weighted by atomic mass is 10.0. The van der Waals surface area contributed by atoms with Crippen molar-refractivity contribution in [1.29, 1.82) is 0 Å². The summed E-state index contributed by atoms with van der Waals surface area (Å²) in [6.45, 7) is 3.54. The smallest absolute Gasteiger partial charge is 0.408 e. The van der Waals surface area contributed by atoms with Crippen molar-refractivity contribution in [2.45, 2.75) is 51.9 Å². The molecule has 2 aromatic rings. The molecule has 11 heteroatoms. The van der Waals surface area contributed by atoms with Gasteiger partial charge in [0.1, 0.15) is 18.3 Å². The van der Waals surface area contributed by atoms with Crippen LogP contribution in [0.4, 0.5) is 4.79 Å². The molecule has 3 rings (SSSR count). The molecule has 1 aliphatic rings. The van der Waals surface area contributed by atoms with Gasteiger partial charge >= 0.3 is 6.09 Å². The summed E-state index contributed by atoms with van der Waals surface area (Å²) in [6, 6.07) is 7.05. The Morgan fingerprint density at radius 2 is 2.00 bits per heavy atom. The van der Waals surface area contributed by atoms with E-state index in [1.54, 1.807) is 13.8 Å². The van der Waals surface area contributed by atoms with Crippen LogP contribution in [0, 0.1) is 5.92 Å². The highest BCUT2D eigenvalue weighted by atomic mass is 16.5. The number of alkyl carbamates (subject to hydrolysis) is 1. The molecule has 0 saturated carbocycles. The van der Waals surface area contributed by atoms with Crippen LogP contribution < -0.4 is 16.0 Å². The summed E-state index contributed by atoms with van der Waals surface area (Å²) < 4.78 is 10.2. The number of aromatic nitrogens is 2. The minimum absolute atomic E-state index is 0.00744. The minimum atomic E-state index is -1.10. The van der Waals surface area contributed by atoms with Gasteiger partial charge in [-0.05, 0) is 17.9 Å². The summed E-state index contributed by atoms with van der Waals surface area (Å²) in [4.78, 5) is 49.8. The Morgan fingerprint density at radius 1 is 1.25 bits per heavy atom. The van der Waals surface area contributed by atoms with Crippen LogP contribution in [0.15, 0.2) is 34.9 Å². The van der Waals surface area contributed by atoms with Gasteiger partial charge in [0.15, 0.2) is 5.76 Å². The molecule has 0 spiro atoms. The van der Waals surface area contributed by atoms with Gasteiger partial charge in [-0.2, -0.15) is 0 Å². The third kappa shape index (κ3) is 5.90. The Balaban J connectivity index is 1.62. The van der Waals surface area contributed by atoms with Crippen molar-refractivity contribution in [2.24, 2.45) is 5.92 Å². The van der Waals surface area contributed by atoms with E-state index in [4.69, 9.17) is 9.26 Å². The molecular weight excluding hydrogens is 418 g/mol. The predicted molar refractivity (Wildman–Crippen MR) is 110 cm³/mol. The topological polar surface area (TPSA) is 153 Å². The Hall–Kier alpha value is -3.76. The molecule has 3 N–H and O–H groups in total. The quantitative estimate of drug-likeness (QED) is 0.550. The third-order valence-corrected chi connectivity index (χ3v) is 5.00. The maximum atomic E-state index is 12.9. The monoisotopic (exact) mass is 443 g/mol. The van der Waals surface area contributed by atoms with Crippen molar-refractivity contribution in [3.63, 3.8) is 0 Å². The lowest BCUT2D eigenvalue weighted by molar-refractivity contribution is -0.140. The maximum Gasteiger partial charge on any atom is 0.408 e. The SMILES string of the molecule is CC(C)C(NC(=O)OCc1ccccc1)C(=O)NC1CCc2onnc2CNC(=O)C1=O. The number of amides is 3. The van der Waals surface area contributed by atoms with Gasteiger partial charge in [-0.15, -0.1) is 5.10 Å². The predicted octanol–water partition coefficient (Wildman–Crippen LogP) is 0.637. The second-order valence-corrected chi connectivity index (χ2v) is 7.72. The zero-order chi connectivity index (χ0) is 23.1.